The van der Waals surface area contributed by atoms with Crippen LogP contribution in [-0.2, 0) is 11.3 Å². The molecular weight excluding hydrogens is 425 g/mol. The van der Waals surface area contributed by atoms with Crippen molar-refractivity contribution in [3.63, 3.8) is 0 Å². The van der Waals surface area contributed by atoms with Crippen LogP contribution in [0.4, 0.5) is 0 Å². The van der Waals surface area contributed by atoms with Crippen LogP contribution in [0.15, 0.2) is 42.6 Å². The zero-order chi connectivity index (χ0) is 19.4. The molecule has 2 N–H and O–H groups in total. The molecule has 1 amide bonds. The third-order valence-corrected chi connectivity index (χ3v) is 6.02. The summed E-state index contributed by atoms with van der Waals surface area (Å²) < 4.78 is 11.0. The minimum Gasteiger partial charge on any atom is -0.497 e. The minimum atomic E-state index is -0.228. The van der Waals surface area contributed by atoms with E-state index >= 15 is 0 Å². The smallest absolute Gasteiger partial charge is 0.228 e. The van der Waals surface area contributed by atoms with E-state index in [9.17, 15) is 4.79 Å². The highest BCUT2D eigenvalue weighted by Gasteiger charge is 2.49. The SMILES string of the molecule is COc1ccc(Oc2cc(CNC(=O)[C@@]34CCCC[C@H]3CNC4)ccn2)cc1.Cl.Cl. The molecule has 0 bridgehead atoms. The first kappa shape index (κ1) is 24.3. The second kappa shape index (κ2) is 10.8. The van der Waals surface area contributed by atoms with Crippen LogP contribution in [0.1, 0.15) is 31.2 Å². The molecule has 2 fully saturated rings. The number of hydrogen-bond acceptors (Lipinski definition) is 5. The maximum atomic E-state index is 13.0. The van der Waals surface area contributed by atoms with Crippen molar-refractivity contribution < 1.29 is 14.3 Å². The average molecular weight is 454 g/mol. The number of benzene rings is 1. The predicted octanol–water partition coefficient (Wildman–Crippen LogP) is 4.12. The van der Waals surface area contributed by atoms with Crippen molar-refractivity contribution in [2.45, 2.75) is 32.2 Å². The second-order valence-electron chi connectivity index (χ2n) is 7.69. The van der Waals surface area contributed by atoms with Gasteiger partial charge in [-0.05, 0) is 61.2 Å². The molecule has 0 spiro atoms. The molecule has 30 heavy (non-hydrogen) atoms. The van der Waals surface area contributed by atoms with E-state index in [0.717, 1.165) is 43.7 Å². The molecule has 1 aliphatic carbocycles. The van der Waals surface area contributed by atoms with Crippen molar-refractivity contribution in [3.8, 4) is 17.4 Å². The average Bonchev–Trinajstić information content (AvgIpc) is 3.18. The Morgan fingerprint density at radius 2 is 1.97 bits per heavy atom. The van der Waals surface area contributed by atoms with Crippen molar-refractivity contribution in [2.75, 3.05) is 20.2 Å². The van der Waals surface area contributed by atoms with Crippen LogP contribution in [0.25, 0.3) is 0 Å². The Morgan fingerprint density at radius 3 is 2.73 bits per heavy atom. The van der Waals surface area contributed by atoms with Gasteiger partial charge in [0.25, 0.3) is 0 Å². The molecule has 1 saturated carbocycles. The molecule has 1 aliphatic heterocycles. The number of aromatic nitrogens is 1. The number of methoxy groups -OCH3 is 1. The summed E-state index contributed by atoms with van der Waals surface area (Å²) in [5.74, 6) is 2.62. The van der Waals surface area contributed by atoms with Crippen LogP contribution in [0.3, 0.4) is 0 Å². The summed E-state index contributed by atoms with van der Waals surface area (Å²) in [7, 11) is 1.63. The minimum absolute atomic E-state index is 0. The number of amides is 1. The molecule has 1 aromatic carbocycles. The molecule has 1 saturated heterocycles. The number of carbonyl (C=O) groups is 1. The Morgan fingerprint density at radius 1 is 1.20 bits per heavy atom. The standard InChI is InChI=1S/C22H27N3O3.2ClH/c1-27-18-5-7-19(8-6-18)28-20-12-16(9-11-24-20)13-25-21(26)22-10-3-2-4-17(22)14-23-15-22;;/h5-9,11-12,17,23H,2-4,10,13-15H2,1H3,(H,25,26);2*1H/t17-,22+;;/m0../s1. The monoisotopic (exact) mass is 453 g/mol. The summed E-state index contributed by atoms with van der Waals surface area (Å²) >= 11 is 0. The normalized spacial score (nSPS) is 22.1. The molecular formula is C22H29Cl2N3O3. The van der Waals surface area contributed by atoms with E-state index in [-0.39, 0.29) is 36.1 Å². The molecule has 164 valence electrons. The Bertz CT molecular complexity index is 835. The fourth-order valence-electron chi connectivity index (χ4n) is 4.43. The Hall–Kier alpha value is -2.02. The number of carbonyl (C=O) groups excluding carboxylic acids is 1. The third kappa shape index (κ3) is 5.17. The van der Waals surface area contributed by atoms with Crippen molar-refractivity contribution in [1.82, 2.24) is 15.6 Å². The van der Waals surface area contributed by atoms with Gasteiger partial charge < -0.3 is 20.1 Å². The van der Waals surface area contributed by atoms with Crippen LogP contribution >= 0.6 is 24.8 Å². The Balaban J connectivity index is 0.00000160. The highest BCUT2D eigenvalue weighted by atomic mass is 35.5. The van der Waals surface area contributed by atoms with Crippen LogP contribution in [0.2, 0.25) is 0 Å². The molecule has 2 aromatic rings. The van der Waals surface area contributed by atoms with Gasteiger partial charge in [0.2, 0.25) is 11.8 Å². The first-order valence-corrected chi connectivity index (χ1v) is 9.95. The van der Waals surface area contributed by atoms with Crippen molar-refractivity contribution >= 4 is 30.7 Å². The van der Waals surface area contributed by atoms with Crippen molar-refractivity contribution in [1.29, 1.82) is 0 Å². The van der Waals surface area contributed by atoms with E-state index in [1.54, 1.807) is 13.3 Å². The fourth-order valence-corrected chi connectivity index (χ4v) is 4.43. The number of hydrogen-bond donors (Lipinski definition) is 2. The maximum Gasteiger partial charge on any atom is 0.228 e. The summed E-state index contributed by atoms with van der Waals surface area (Å²) in [6, 6.07) is 11.1. The first-order chi connectivity index (χ1) is 13.7. The van der Waals surface area contributed by atoms with E-state index in [4.69, 9.17) is 9.47 Å². The largest absolute Gasteiger partial charge is 0.497 e. The second-order valence-corrected chi connectivity index (χ2v) is 7.69. The fraction of sp³-hybridized carbons (Fsp3) is 0.455. The van der Waals surface area contributed by atoms with Gasteiger partial charge >= 0.3 is 0 Å². The molecule has 0 unspecified atom stereocenters. The summed E-state index contributed by atoms with van der Waals surface area (Å²) in [5, 5.41) is 6.59. The molecule has 2 aliphatic rings. The molecule has 8 heteroatoms. The van der Waals surface area contributed by atoms with Crippen LogP contribution in [0, 0.1) is 11.3 Å². The highest BCUT2D eigenvalue weighted by molar-refractivity contribution is 5.85. The van der Waals surface area contributed by atoms with E-state index in [2.05, 4.69) is 15.6 Å². The zero-order valence-electron chi connectivity index (χ0n) is 17.1. The van der Waals surface area contributed by atoms with Gasteiger partial charge in [0, 0.05) is 25.4 Å². The Kier molecular flexibility index (Phi) is 8.77. The number of nitrogens with zero attached hydrogens (tertiary/aromatic N) is 1. The van der Waals surface area contributed by atoms with E-state index < -0.39 is 0 Å². The molecule has 6 nitrogen and oxygen atoms in total. The lowest BCUT2D eigenvalue weighted by Crippen LogP contribution is -2.47. The number of fused-ring (bicyclic) bond motifs is 1. The molecule has 4 rings (SSSR count). The lowest BCUT2D eigenvalue weighted by atomic mass is 9.67. The molecule has 2 atom stereocenters. The summed E-state index contributed by atoms with van der Waals surface area (Å²) in [4.78, 5) is 17.3. The molecule has 1 aromatic heterocycles. The summed E-state index contributed by atoms with van der Waals surface area (Å²) in [6.07, 6.45) is 6.21. The van der Waals surface area contributed by atoms with Crippen molar-refractivity contribution in [2.24, 2.45) is 11.3 Å². The van der Waals surface area contributed by atoms with Crippen LogP contribution < -0.4 is 20.1 Å². The van der Waals surface area contributed by atoms with E-state index in [1.807, 2.05) is 36.4 Å². The third-order valence-electron chi connectivity index (χ3n) is 6.02. The van der Waals surface area contributed by atoms with Gasteiger partial charge in [0.1, 0.15) is 11.5 Å². The molecule has 0 radical (unpaired) electrons. The van der Waals surface area contributed by atoms with Crippen LogP contribution in [-0.4, -0.2) is 31.1 Å². The molecule has 2 heterocycles. The first-order valence-electron chi connectivity index (χ1n) is 9.95. The Labute approximate surface area is 190 Å². The lowest BCUT2D eigenvalue weighted by Gasteiger charge is -2.37. The summed E-state index contributed by atoms with van der Waals surface area (Å²) in [5.41, 5.74) is 0.745. The summed E-state index contributed by atoms with van der Waals surface area (Å²) in [6.45, 7) is 2.24. The zero-order valence-corrected chi connectivity index (χ0v) is 18.7. The quantitative estimate of drug-likeness (QED) is 0.687. The highest BCUT2D eigenvalue weighted by Crippen LogP contribution is 2.43. The number of ether oxygens (including phenoxy) is 2. The number of nitrogens with one attached hydrogen (secondary N) is 2. The van der Waals surface area contributed by atoms with E-state index in [1.165, 1.54) is 6.42 Å². The van der Waals surface area contributed by atoms with Gasteiger partial charge in [-0.25, -0.2) is 4.98 Å². The van der Waals surface area contributed by atoms with Gasteiger partial charge in [-0.15, -0.1) is 24.8 Å². The number of pyridine rings is 1. The predicted molar refractivity (Wildman–Crippen MR) is 121 cm³/mol. The van der Waals surface area contributed by atoms with Gasteiger partial charge in [-0.3, -0.25) is 4.79 Å². The van der Waals surface area contributed by atoms with Crippen molar-refractivity contribution in [3.05, 3.63) is 48.2 Å². The topological polar surface area (TPSA) is 72.5 Å². The van der Waals surface area contributed by atoms with Gasteiger partial charge in [0.05, 0.1) is 12.5 Å². The number of rotatable bonds is 6. The van der Waals surface area contributed by atoms with E-state index in [0.29, 0.717) is 24.1 Å². The maximum absolute atomic E-state index is 13.0. The van der Waals surface area contributed by atoms with Gasteiger partial charge in [-0.1, -0.05) is 12.8 Å². The lowest BCUT2D eigenvalue weighted by molar-refractivity contribution is -0.134. The number of halogens is 2. The van der Waals surface area contributed by atoms with Gasteiger partial charge in [0.15, 0.2) is 0 Å². The van der Waals surface area contributed by atoms with Gasteiger partial charge in [-0.2, -0.15) is 0 Å². The van der Waals surface area contributed by atoms with Crippen LogP contribution in [0.5, 0.6) is 17.4 Å².